The van der Waals surface area contributed by atoms with Crippen molar-refractivity contribution >= 4 is 12.6 Å². The molecule has 1 saturated carbocycles. The summed E-state index contributed by atoms with van der Waals surface area (Å²) in [6, 6.07) is 0. The van der Waals surface area contributed by atoms with Gasteiger partial charge in [0.15, 0.2) is 0 Å². The summed E-state index contributed by atoms with van der Waals surface area (Å²) in [6.45, 7) is 0. The van der Waals surface area contributed by atoms with Gasteiger partial charge in [0.05, 0.1) is 0 Å². The van der Waals surface area contributed by atoms with Crippen LogP contribution in [0.3, 0.4) is 0 Å². The fraction of sp³-hybridized carbons (Fsp3) is 1.00. The highest BCUT2D eigenvalue weighted by Gasteiger charge is 2.20. The Labute approximate surface area is 54.9 Å². The third-order valence-corrected chi connectivity index (χ3v) is 2.23. The van der Waals surface area contributed by atoms with Crippen LogP contribution in [0.25, 0.3) is 0 Å². The lowest BCUT2D eigenvalue weighted by atomic mass is 9.98. The zero-order valence-electron chi connectivity index (χ0n) is 4.81. The van der Waals surface area contributed by atoms with Crippen LogP contribution in [0.1, 0.15) is 25.7 Å². The average molecular weight is 134 g/mol. The van der Waals surface area contributed by atoms with E-state index >= 15 is 0 Å². The topological polar surface area (TPSA) is 0 Å². The van der Waals surface area contributed by atoms with Crippen molar-refractivity contribution in [2.24, 2.45) is 0 Å². The number of hydrogen-bond acceptors (Lipinski definition) is 1. The Morgan fingerprint density at radius 3 is 2.25 bits per heavy atom. The SMILES string of the molecule is FC1CCCCC1S. The molecule has 0 nitrogen and oxygen atoms in total. The molecule has 0 heterocycles. The monoisotopic (exact) mass is 134 g/mol. The maximum absolute atomic E-state index is 12.5. The van der Waals surface area contributed by atoms with Crippen LogP contribution in [0.2, 0.25) is 0 Å². The number of hydrogen-bond donors (Lipinski definition) is 1. The fourth-order valence-electron chi connectivity index (χ4n) is 1.07. The Kier molecular flexibility index (Phi) is 2.17. The van der Waals surface area contributed by atoms with Crippen molar-refractivity contribution in [2.75, 3.05) is 0 Å². The van der Waals surface area contributed by atoms with E-state index in [-0.39, 0.29) is 5.25 Å². The van der Waals surface area contributed by atoms with E-state index in [0.717, 1.165) is 25.7 Å². The Morgan fingerprint density at radius 1 is 1.25 bits per heavy atom. The molecular formula is C6H11FS. The van der Waals surface area contributed by atoms with Gasteiger partial charge in [0.25, 0.3) is 0 Å². The molecule has 0 aromatic rings. The van der Waals surface area contributed by atoms with Crippen LogP contribution in [0.5, 0.6) is 0 Å². The van der Waals surface area contributed by atoms with E-state index in [4.69, 9.17) is 0 Å². The Bertz CT molecular complexity index is 64.9. The van der Waals surface area contributed by atoms with Crippen molar-refractivity contribution in [1.29, 1.82) is 0 Å². The first-order chi connectivity index (χ1) is 3.80. The summed E-state index contributed by atoms with van der Waals surface area (Å²) in [5, 5.41) is 0.0312. The summed E-state index contributed by atoms with van der Waals surface area (Å²) in [4.78, 5) is 0. The molecule has 2 heteroatoms. The second-order valence-corrected chi connectivity index (χ2v) is 3.03. The summed E-state index contributed by atoms with van der Waals surface area (Å²) in [5.41, 5.74) is 0. The quantitative estimate of drug-likeness (QED) is 0.482. The zero-order chi connectivity index (χ0) is 5.98. The standard InChI is InChI=1S/C6H11FS/c7-5-3-1-2-4-6(5)8/h5-6,8H,1-4H2. The van der Waals surface area contributed by atoms with Crippen molar-refractivity contribution in [3.8, 4) is 0 Å². The molecule has 0 aliphatic heterocycles. The summed E-state index contributed by atoms with van der Waals surface area (Å²) in [7, 11) is 0. The molecule has 0 radical (unpaired) electrons. The number of halogens is 1. The van der Waals surface area contributed by atoms with Gasteiger partial charge in [-0.3, -0.25) is 0 Å². The highest BCUT2D eigenvalue weighted by Crippen LogP contribution is 2.24. The van der Waals surface area contributed by atoms with Crippen LogP contribution in [0.4, 0.5) is 4.39 Å². The van der Waals surface area contributed by atoms with Crippen molar-refractivity contribution in [3.63, 3.8) is 0 Å². The van der Waals surface area contributed by atoms with Crippen molar-refractivity contribution in [3.05, 3.63) is 0 Å². The zero-order valence-corrected chi connectivity index (χ0v) is 5.70. The highest BCUT2D eigenvalue weighted by molar-refractivity contribution is 7.81. The molecule has 1 rings (SSSR count). The van der Waals surface area contributed by atoms with Crippen LogP contribution in [-0.2, 0) is 0 Å². The molecule has 2 atom stereocenters. The molecule has 0 spiro atoms. The normalized spacial score (nSPS) is 39.8. The molecule has 8 heavy (non-hydrogen) atoms. The largest absolute Gasteiger partial charge is 0.246 e. The van der Waals surface area contributed by atoms with Gasteiger partial charge in [0.2, 0.25) is 0 Å². The van der Waals surface area contributed by atoms with E-state index in [1.54, 1.807) is 0 Å². The second kappa shape index (κ2) is 2.72. The molecule has 2 unspecified atom stereocenters. The summed E-state index contributed by atoms with van der Waals surface area (Å²) in [5.74, 6) is 0. The molecule has 0 saturated heterocycles. The van der Waals surface area contributed by atoms with E-state index in [1.807, 2.05) is 0 Å². The fourth-order valence-corrected chi connectivity index (χ4v) is 1.40. The van der Waals surface area contributed by atoms with E-state index < -0.39 is 6.17 Å². The van der Waals surface area contributed by atoms with Gasteiger partial charge in [-0.05, 0) is 12.8 Å². The van der Waals surface area contributed by atoms with Gasteiger partial charge in [0.1, 0.15) is 6.17 Å². The molecular weight excluding hydrogens is 123 g/mol. The van der Waals surface area contributed by atoms with Gasteiger partial charge in [-0.15, -0.1) is 0 Å². The van der Waals surface area contributed by atoms with Crippen molar-refractivity contribution < 1.29 is 4.39 Å². The van der Waals surface area contributed by atoms with Crippen molar-refractivity contribution in [2.45, 2.75) is 37.1 Å². The maximum atomic E-state index is 12.5. The molecule has 1 fully saturated rings. The second-order valence-electron chi connectivity index (χ2n) is 2.37. The minimum absolute atomic E-state index is 0.0312. The predicted molar refractivity (Wildman–Crippen MR) is 36.1 cm³/mol. The van der Waals surface area contributed by atoms with Gasteiger partial charge >= 0.3 is 0 Å². The average Bonchev–Trinajstić information content (AvgIpc) is 1.77. The summed E-state index contributed by atoms with van der Waals surface area (Å²) >= 11 is 4.08. The van der Waals surface area contributed by atoms with Crippen LogP contribution in [0, 0.1) is 0 Å². The molecule has 0 amide bonds. The van der Waals surface area contributed by atoms with Gasteiger partial charge in [0, 0.05) is 5.25 Å². The lowest BCUT2D eigenvalue weighted by Gasteiger charge is -2.20. The first-order valence-corrected chi connectivity index (χ1v) is 3.64. The molecule has 1 aliphatic carbocycles. The predicted octanol–water partition coefficient (Wildman–Crippen LogP) is 2.20. The van der Waals surface area contributed by atoms with Gasteiger partial charge in [-0.25, -0.2) is 4.39 Å². The number of thiol groups is 1. The van der Waals surface area contributed by atoms with Crippen LogP contribution in [-0.4, -0.2) is 11.4 Å². The molecule has 0 N–H and O–H groups in total. The van der Waals surface area contributed by atoms with Gasteiger partial charge < -0.3 is 0 Å². The Morgan fingerprint density at radius 2 is 1.88 bits per heavy atom. The van der Waals surface area contributed by atoms with E-state index in [2.05, 4.69) is 12.6 Å². The summed E-state index contributed by atoms with van der Waals surface area (Å²) < 4.78 is 12.5. The molecule has 48 valence electrons. The first kappa shape index (κ1) is 6.40. The maximum Gasteiger partial charge on any atom is 0.112 e. The third kappa shape index (κ3) is 1.38. The Hall–Kier alpha value is 0.280. The third-order valence-electron chi connectivity index (χ3n) is 1.65. The minimum Gasteiger partial charge on any atom is -0.246 e. The van der Waals surface area contributed by atoms with Gasteiger partial charge in [-0.1, -0.05) is 12.8 Å². The molecule has 0 aromatic heterocycles. The minimum atomic E-state index is -0.632. The van der Waals surface area contributed by atoms with Crippen LogP contribution < -0.4 is 0 Å². The van der Waals surface area contributed by atoms with Crippen molar-refractivity contribution in [1.82, 2.24) is 0 Å². The highest BCUT2D eigenvalue weighted by atomic mass is 32.1. The van der Waals surface area contributed by atoms with Gasteiger partial charge in [-0.2, -0.15) is 12.6 Å². The first-order valence-electron chi connectivity index (χ1n) is 3.13. The Balaban J connectivity index is 2.28. The van der Waals surface area contributed by atoms with Crippen LogP contribution in [0.15, 0.2) is 0 Å². The lowest BCUT2D eigenvalue weighted by molar-refractivity contribution is 0.261. The summed E-state index contributed by atoms with van der Waals surface area (Å²) in [6.07, 6.45) is 3.28. The molecule has 1 aliphatic rings. The van der Waals surface area contributed by atoms with E-state index in [1.165, 1.54) is 0 Å². The van der Waals surface area contributed by atoms with Crippen LogP contribution >= 0.6 is 12.6 Å². The smallest absolute Gasteiger partial charge is 0.112 e. The lowest BCUT2D eigenvalue weighted by Crippen LogP contribution is -2.20. The molecule has 0 bridgehead atoms. The number of alkyl halides is 1. The van der Waals surface area contributed by atoms with E-state index in [0.29, 0.717) is 0 Å². The number of rotatable bonds is 0. The molecule has 0 aromatic carbocycles. The van der Waals surface area contributed by atoms with E-state index in [9.17, 15) is 4.39 Å².